The van der Waals surface area contributed by atoms with Crippen molar-refractivity contribution < 1.29 is 28.5 Å². The summed E-state index contributed by atoms with van der Waals surface area (Å²) in [5.41, 5.74) is 0.858. The van der Waals surface area contributed by atoms with E-state index < -0.39 is 11.8 Å². The van der Waals surface area contributed by atoms with Crippen molar-refractivity contribution in [1.82, 2.24) is 5.32 Å². The Morgan fingerprint density at radius 2 is 1.47 bits per heavy atom. The molecular weight excluding hydrogens is 408 g/mol. The molecule has 0 aromatic heterocycles. The number of thiocarbonyl (C=S) groups is 1. The summed E-state index contributed by atoms with van der Waals surface area (Å²) in [4.78, 5) is 27.0. The number of hydrogen-bond acceptors (Lipinski definition) is 7. The SMILES string of the molecule is COc1ccc(N2C(=O)C(=Cc3cc(OC)c(OC)cc3OC)C(=O)NC2=S)cc1. The van der Waals surface area contributed by atoms with Gasteiger partial charge in [0.2, 0.25) is 0 Å². The number of hydrogen-bond donors (Lipinski definition) is 1. The number of benzene rings is 2. The monoisotopic (exact) mass is 428 g/mol. The largest absolute Gasteiger partial charge is 0.497 e. The highest BCUT2D eigenvalue weighted by Crippen LogP contribution is 2.36. The molecule has 1 aliphatic heterocycles. The number of nitrogens with zero attached hydrogens (tertiary/aromatic N) is 1. The van der Waals surface area contributed by atoms with Crippen LogP contribution in [0, 0.1) is 0 Å². The zero-order valence-electron chi connectivity index (χ0n) is 16.8. The molecule has 0 aliphatic carbocycles. The van der Waals surface area contributed by atoms with Crippen LogP contribution in [-0.2, 0) is 9.59 Å². The minimum absolute atomic E-state index is 0.00778. The summed E-state index contributed by atoms with van der Waals surface area (Å²) in [6.45, 7) is 0. The zero-order valence-corrected chi connectivity index (χ0v) is 17.7. The summed E-state index contributed by atoms with van der Waals surface area (Å²) in [5.74, 6) is 0.750. The van der Waals surface area contributed by atoms with Crippen LogP contribution in [0.15, 0.2) is 42.0 Å². The topological polar surface area (TPSA) is 86.3 Å². The predicted molar refractivity (Wildman–Crippen MR) is 115 cm³/mol. The third-order valence-electron chi connectivity index (χ3n) is 4.47. The van der Waals surface area contributed by atoms with Crippen molar-refractivity contribution in [2.75, 3.05) is 33.3 Å². The molecule has 0 unspecified atom stereocenters. The number of nitrogens with one attached hydrogen (secondary N) is 1. The fourth-order valence-electron chi connectivity index (χ4n) is 2.94. The maximum atomic E-state index is 13.2. The van der Waals surface area contributed by atoms with E-state index in [0.717, 1.165) is 0 Å². The van der Waals surface area contributed by atoms with Gasteiger partial charge in [0.05, 0.1) is 34.1 Å². The zero-order chi connectivity index (χ0) is 21.8. The molecule has 1 heterocycles. The number of anilines is 1. The number of carbonyl (C=O) groups is 2. The Balaban J connectivity index is 2.06. The first kappa shape index (κ1) is 21.1. The average Bonchev–Trinajstić information content (AvgIpc) is 2.76. The molecule has 1 saturated heterocycles. The van der Waals surface area contributed by atoms with Crippen LogP contribution in [-0.4, -0.2) is 45.4 Å². The van der Waals surface area contributed by atoms with Gasteiger partial charge in [-0.1, -0.05) is 0 Å². The molecule has 0 saturated carbocycles. The molecule has 9 heteroatoms. The Hall–Kier alpha value is -3.59. The van der Waals surface area contributed by atoms with Gasteiger partial charge in [0.25, 0.3) is 11.8 Å². The van der Waals surface area contributed by atoms with Gasteiger partial charge < -0.3 is 18.9 Å². The second kappa shape index (κ2) is 8.83. The van der Waals surface area contributed by atoms with E-state index >= 15 is 0 Å². The third kappa shape index (κ3) is 3.92. The minimum Gasteiger partial charge on any atom is -0.497 e. The van der Waals surface area contributed by atoms with Gasteiger partial charge in [-0.3, -0.25) is 19.8 Å². The van der Waals surface area contributed by atoms with Crippen LogP contribution >= 0.6 is 12.2 Å². The van der Waals surface area contributed by atoms with Gasteiger partial charge in [-0.05, 0) is 48.6 Å². The molecule has 30 heavy (non-hydrogen) atoms. The van der Waals surface area contributed by atoms with Gasteiger partial charge >= 0.3 is 0 Å². The smallest absolute Gasteiger partial charge is 0.270 e. The lowest BCUT2D eigenvalue weighted by molar-refractivity contribution is -0.122. The van der Waals surface area contributed by atoms with Crippen molar-refractivity contribution in [3.63, 3.8) is 0 Å². The van der Waals surface area contributed by atoms with Gasteiger partial charge in [0.1, 0.15) is 17.1 Å². The molecule has 2 amide bonds. The van der Waals surface area contributed by atoms with Crippen molar-refractivity contribution >= 4 is 40.9 Å². The van der Waals surface area contributed by atoms with Crippen molar-refractivity contribution in [3.05, 3.63) is 47.5 Å². The molecule has 0 bridgehead atoms. The first-order chi connectivity index (χ1) is 14.4. The van der Waals surface area contributed by atoms with Crippen LogP contribution in [0.5, 0.6) is 23.0 Å². The highest BCUT2D eigenvalue weighted by Gasteiger charge is 2.34. The van der Waals surface area contributed by atoms with E-state index in [4.69, 9.17) is 31.2 Å². The maximum absolute atomic E-state index is 13.2. The van der Waals surface area contributed by atoms with Gasteiger partial charge in [-0.15, -0.1) is 0 Å². The van der Waals surface area contributed by atoms with E-state index in [1.807, 2.05) is 0 Å². The first-order valence-electron chi connectivity index (χ1n) is 8.79. The summed E-state index contributed by atoms with van der Waals surface area (Å²) in [7, 11) is 6.01. The second-order valence-corrected chi connectivity index (χ2v) is 6.49. The molecule has 2 aromatic carbocycles. The van der Waals surface area contributed by atoms with Crippen LogP contribution in [0.3, 0.4) is 0 Å². The lowest BCUT2D eigenvalue weighted by Gasteiger charge is -2.29. The fourth-order valence-corrected chi connectivity index (χ4v) is 3.23. The molecule has 0 radical (unpaired) electrons. The van der Waals surface area contributed by atoms with Gasteiger partial charge in [-0.2, -0.15) is 0 Å². The fraction of sp³-hybridized carbons (Fsp3) is 0.190. The van der Waals surface area contributed by atoms with Crippen molar-refractivity contribution in [2.24, 2.45) is 0 Å². The molecule has 156 valence electrons. The standard InChI is InChI=1S/C21H20N2O6S/c1-26-14-7-5-13(6-8-14)23-20(25)15(19(24)22-21(23)30)9-12-10-17(28-3)18(29-4)11-16(12)27-2/h5-11H,1-4H3,(H,22,24,30). The molecule has 3 rings (SSSR count). The van der Waals surface area contributed by atoms with Gasteiger partial charge in [0, 0.05) is 11.6 Å². The van der Waals surface area contributed by atoms with Crippen molar-refractivity contribution in [3.8, 4) is 23.0 Å². The molecule has 1 aliphatic rings. The minimum atomic E-state index is -0.605. The van der Waals surface area contributed by atoms with Crippen molar-refractivity contribution in [2.45, 2.75) is 0 Å². The van der Waals surface area contributed by atoms with E-state index in [1.54, 1.807) is 43.5 Å². The lowest BCUT2D eigenvalue weighted by Crippen LogP contribution is -2.54. The normalized spacial score (nSPS) is 15.1. The van der Waals surface area contributed by atoms with E-state index in [0.29, 0.717) is 34.2 Å². The van der Waals surface area contributed by atoms with Gasteiger partial charge in [0.15, 0.2) is 16.6 Å². The van der Waals surface area contributed by atoms with E-state index in [2.05, 4.69) is 5.32 Å². The lowest BCUT2D eigenvalue weighted by atomic mass is 10.1. The summed E-state index contributed by atoms with van der Waals surface area (Å²) in [6, 6.07) is 9.98. The van der Waals surface area contributed by atoms with Crippen LogP contribution < -0.4 is 29.2 Å². The number of carbonyl (C=O) groups excluding carboxylic acids is 2. The predicted octanol–water partition coefficient (Wildman–Crippen LogP) is 2.55. The number of ether oxygens (including phenoxy) is 4. The molecule has 1 fully saturated rings. The van der Waals surface area contributed by atoms with E-state index in [9.17, 15) is 9.59 Å². The summed E-state index contributed by atoms with van der Waals surface area (Å²) < 4.78 is 21.1. The van der Waals surface area contributed by atoms with Crippen molar-refractivity contribution in [1.29, 1.82) is 0 Å². The summed E-state index contributed by atoms with van der Waals surface area (Å²) in [5, 5.41) is 2.54. The Bertz CT molecular complexity index is 1030. The van der Waals surface area contributed by atoms with E-state index in [1.165, 1.54) is 32.3 Å². The average molecular weight is 428 g/mol. The Labute approximate surface area is 179 Å². The Morgan fingerprint density at radius 1 is 0.867 bits per heavy atom. The quantitative estimate of drug-likeness (QED) is 0.430. The number of methoxy groups -OCH3 is 4. The molecule has 1 N–H and O–H groups in total. The summed E-state index contributed by atoms with van der Waals surface area (Å²) >= 11 is 5.22. The van der Waals surface area contributed by atoms with Crippen LogP contribution in [0.4, 0.5) is 5.69 Å². The molecule has 2 aromatic rings. The first-order valence-corrected chi connectivity index (χ1v) is 9.19. The molecular formula is C21H20N2O6S. The summed E-state index contributed by atoms with van der Waals surface area (Å²) in [6.07, 6.45) is 1.43. The number of rotatable bonds is 6. The maximum Gasteiger partial charge on any atom is 0.270 e. The molecule has 0 atom stereocenters. The Morgan fingerprint density at radius 3 is 2.03 bits per heavy atom. The highest BCUT2D eigenvalue weighted by molar-refractivity contribution is 7.80. The van der Waals surface area contributed by atoms with Gasteiger partial charge in [-0.25, -0.2) is 0 Å². The second-order valence-electron chi connectivity index (χ2n) is 6.11. The Kier molecular flexibility index (Phi) is 6.22. The third-order valence-corrected chi connectivity index (χ3v) is 4.75. The van der Waals surface area contributed by atoms with Crippen LogP contribution in [0.2, 0.25) is 0 Å². The van der Waals surface area contributed by atoms with Crippen LogP contribution in [0.1, 0.15) is 5.56 Å². The van der Waals surface area contributed by atoms with E-state index in [-0.39, 0.29) is 10.7 Å². The molecule has 0 spiro atoms. The van der Waals surface area contributed by atoms with Crippen LogP contribution in [0.25, 0.3) is 6.08 Å². The number of amides is 2. The molecule has 8 nitrogen and oxygen atoms in total. The highest BCUT2D eigenvalue weighted by atomic mass is 32.1.